The zero-order chi connectivity index (χ0) is 21.7. The molecule has 0 bridgehead atoms. The van der Waals surface area contributed by atoms with Crippen molar-refractivity contribution in [3.63, 3.8) is 0 Å². The number of hydrogen-bond acceptors (Lipinski definition) is 2. The van der Waals surface area contributed by atoms with Crippen LogP contribution in [0.15, 0.2) is 93.5 Å². The van der Waals surface area contributed by atoms with Gasteiger partial charge in [-0.05, 0) is 90.8 Å². The van der Waals surface area contributed by atoms with Crippen molar-refractivity contribution in [2.45, 2.75) is 0 Å². The van der Waals surface area contributed by atoms with Crippen LogP contribution in [0.1, 0.15) is 0 Å². The summed E-state index contributed by atoms with van der Waals surface area (Å²) in [6.07, 6.45) is 0. The summed E-state index contributed by atoms with van der Waals surface area (Å²) in [5.74, 6) is 0. The summed E-state index contributed by atoms with van der Waals surface area (Å²) in [5.41, 5.74) is 3.68. The van der Waals surface area contributed by atoms with E-state index in [2.05, 4.69) is 98.4 Å². The average Bonchev–Trinajstić information content (AvgIpc) is 3.27. The SMILES string of the molecule is Brc1cc(Br)c2c(c1)oc1c(I)cccc12.Brc1cc(Br)c2c(c1)oc1ccccc12. The predicted octanol–water partition coefficient (Wildman–Crippen LogP) is 10.8. The summed E-state index contributed by atoms with van der Waals surface area (Å²) in [7, 11) is 0. The molecule has 2 nitrogen and oxygen atoms in total. The molecule has 6 rings (SSSR count). The molecule has 0 aliphatic carbocycles. The Bertz CT molecular complexity index is 1600. The Morgan fingerprint density at radius 3 is 1.87 bits per heavy atom. The third-order valence-corrected chi connectivity index (χ3v) is 7.88. The standard InChI is InChI=1S/C12H5Br2IO.C12H6Br2O/c13-6-4-8(14)11-7-2-1-3-9(15)12(7)16-10(11)5-6;13-7-5-9(14)12-8-3-1-2-4-10(8)15-11(12)6-7/h1-5H;1-6H. The molecule has 7 heteroatoms. The lowest BCUT2D eigenvalue weighted by Gasteiger charge is -1.95. The van der Waals surface area contributed by atoms with E-state index >= 15 is 0 Å². The van der Waals surface area contributed by atoms with Gasteiger partial charge in [0.1, 0.15) is 22.3 Å². The monoisotopic (exact) mass is 774 g/mol. The molecule has 6 aromatic rings. The van der Waals surface area contributed by atoms with E-state index in [-0.39, 0.29) is 0 Å². The highest BCUT2D eigenvalue weighted by Gasteiger charge is 2.12. The topological polar surface area (TPSA) is 26.3 Å². The van der Waals surface area contributed by atoms with Gasteiger partial charge in [-0.15, -0.1) is 0 Å². The van der Waals surface area contributed by atoms with Gasteiger partial charge in [0.25, 0.3) is 0 Å². The maximum atomic E-state index is 5.88. The van der Waals surface area contributed by atoms with Crippen molar-refractivity contribution in [1.82, 2.24) is 0 Å². The van der Waals surface area contributed by atoms with Crippen LogP contribution in [-0.4, -0.2) is 0 Å². The first-order valence-corrected chi connectivity index (χ1v) is 13.4. The molecular formula is C24H11Br4IO2. The molecule has 0 spiro atoms. The van der Waals surface area contributed by atoms with E-state index in [4.69, 9.17) is 8.83 Å². The van der Waals surface area contributed by atoms with Crippen LogP contribution in [0.25, 0.3) is 43.9 Å². The molecule has 0 amide bonds. The Morgan fingerprint density at radius 1 is 0.581 bits per heavy atom. The van der Waals surface area contributed by atoms with Crippen molar-refractivity contribution < 1.29 is 8.83 Å². The van der Waals surface area contributed by atoms with Gasteiger partial charge in [-0.25, -0.2) is 0 Å². The fourth-order valence-corrected chi connectivity index (χ4v) is 6.99. The van der Waals surface area contributed by atoms with Gasteiger partial charge in [0, 0.05) is 39.4 Å². The molecule has 154 valence electrons. The third kappa shape index (κ3) is 4.12. The molecule has 31 heavy (non-hydrogen) atoms. The average molecular weight is 778 g/mol. The van der Waals surface area contributed by atoms with Crippen LogP contribution in [0.5, 0.6) is 0 Å². The number of furan rings is 2. The van der Waals surface area contributed by atoms with Gasteiger partial charge >= 0.3 is 0 Å². The molecular weight excluding hydrogens is 767 g/mol. The van der Waals surface area contributed by atoms with Crippen molar-refractivity contribution >= 4 is 130 Å². The van der Waals surface area contributed by atoms with Gasteiger partial charge in [0.05, 0.1) is 3.57 Å². The number of fused-ring (bicyclic) bond motifs is 6. The van der Waals surface area contributed by atoms with Gasteiger partial charge in [-0.2, -0.15) is 0 Å². The number of hydrogen-bond donors (Lipinski definition) is 0. The lowest BCUT2D eigenvalue weighted by molar-refractivity contribution is 0.666. The smallest absolute Gasteiger partial charge is 0.148 e. The summed E-state index contributed by atoms with van der Waals surface area (Å²) in [4.78, 5) is 0. The van der Waals surface area contributed by atoms with Gasteiger partial charge in [-0.1, -0.05) is 62.2 Å². The second-order valence-electron chi connectivity index (χ2n) is 6.84. The van der Waals surface area contributed by atoms with E-state index in [0.717, 1.165) is 65.3 Å². The van der Waals surface area contributed by atoms with Crippen LogP contribution in [0.4, 0.5) is 0 Å². The van der Waals surface area contributed by atoms with Crippen molar-refractivity contribution in [3.8, 4) is 0 Å². The molecule has 2 aromatic heterocycles. The highest BCUT2D eigenvalue weighted by Crippen LogP contribution is 2.38. The number of benzene rings is 4. The third-order valence-electron chi connectivity index (χ3n) is 4.86. The highest BCUT2D eigenvalue weighted by atomic mass is 127. The van der Waals surface area contributed by atoms with E-state index in [0.29, 0.717) is 0 Å². The van der Waals surface area contributed by atoms with Crippen LogP contribution >= 0.6 is 86.3 Å². The predicted molar refractivity (Wildman–Crippen MR) is 151 cm³/mol. The molecule has 0 saturated carbocycles. The van der Waals surface area contributed by atoms with E-state index in [1.807, 2.05) is 54.6 Å². The number of halogens is 5. The van der Waals surface area contributed by atoms with Crippen LogP contribution in [0.2, 0.25) is 0 Å². The minimum atomic E-state index is 0.900. The summed E-state index contributed by atoms with van der Waals surface area (Å²) in [5, 5.41) is 4.57. The van der Waals surface area contributed by atoms with E-state index in [1.165, 1.54) is 0 Å². The second-order valence-corrected chi connectivity index (χ2v) is 11.5. The molecule has 0 radical (unpaired) electrons. The Morgan fingerprint density at radius 2 is 1.16 bits per heavy atom. The van der Waals surface area contributed by atoms with E-state index in [9.17, 15) is 0 Å². The maximum Gasteiger partial charge on any atom is 0.148 e. The summed E-state index contributed by atoms with van der Waals surface area (Å²) < 4.78 is 16.9. The normalized spacial score (nSPS) is 11.4. The molecule has 0 atom stereocenters. The first kappa shape index (κ1) is 21.9. The fourth-order valence-electron chi connectivity index (χ4n) is 3.58. The minimum absolute atomic E-state index is 0.900. The number of para-hydroxylation sites is 2. The Hall–Kier alpha value is -0.870. The van der Waals surface area contributed by atoms with Crippen LogP contribution in [0, 0.1) is 3.57 Å². The van der Waals surface area contributed by atoms with E-state index in [1.54, 1.807) is 0 Å². The molecule has 0 unspecified atom stereocenters. The number of rotatable bonds is 0. The summed E-state index contributed by atoms with van der Waals surface area (Å²) in [6, 6.07) is 22.3. The maximum absolute atomic E-state index is 5.88. The molecule has 4 aromatic carbocycles. The molecule has 0 aliphatic rings. The Kier molecular flexibility index (Phi) is 6.24. The summed E-state index contributed by atoms with van der Waals surface area (Å²) in [6.45, 7) is 0. The molecule has 0 saturated heterocycles. The van der Waals surface area contributed by atoms with Crippen LogP contribution in [0.3, 0.4) is 0 Å². The van der Waals surface area contributed by atoms with Crippen molar-refractivity contribution in [3.05, 3.63) is 88.2 Å². The lowest BCUT2D eigenvalue weighted by Crippen LogP contribution is -1.72. The quantitative estimate of drug-likeness (QED) is 0.144. The van der Waals surface area contributed by atoms with Gasteiger partial charge in [0.15, 0.2) is 0 Å². The zero-order valence-corrected chi connectivity index (χ0v) is 24.1. The van der Waals surface area contributed by atoms with Gasteiger partial charge in [0.2, 0.25) is 0 Å². The lowest BCUT2D eigenvalue weighted by atomic mass is 10.1. The minimum Gasteiger partial charge on any atom is -0.456 e. The van der Waals surface area contributed by atoms with Crippen LogP contribution < -0.4 is 0 Å². The first-order valence-electron chi connectivity index (χ1n) is 9.14. The summed E-state index contributed by atoms with van der Waals surface area (Å²) >= 11 is 16.3. The van der Waals surface area contributed by atoms with Crippen LogP contribution in [-0.2, 0) is 0 Å². The Balaban J connectivity index is 0.000000132. The molecule has 0 N–H and O–H groups in total. The van der Waals surface area contributed by atoms with Gasteiger partial charge < -0.3 is 8.83 Å². The van der Waals surface area contributed by atoms with Crippen molar-refractivity contribution in [2.24, 2.45) is 0 Å². The largest absolute Gasteiger partial charge is 0.456 e. The van der Waals surface area contributed by atoms with Gasteiger partial charge in [-0.3, -0.25) is 0 Å². The Labute approximate surface area is 225 Å². The molecule has 0 fully saturated rings. The first-order chi connectivity index (χ1) is 14.9. The highest BCUT2D eigenvalue weighted by molar-refractivity contribution is 14.1. The second kappa shape index (κ2) is 8.82. The fraction of sp³-hybridized carbons (Fsp3) is 0. The molecule has 2 heterocycles. The van der Waals surface area contributed by atoms with E-state index < -0.39 is 0 Å². The zero-order valence-electron chi connectivity index (χ0n) is 15.6. The molecule has 0 aliphatic heterocycles. The van der Waals surface area contributed by atoms with Crippen molar-refractivity contribution in [1.29, 1.82) is 0 Å². The van der Waals surface area contributed by atoms with Crippen molar-refractivity contribution in [2.75, 3.05) is 0 Å².